The van der Waals surface area contributed by atoms with Gasteiger partial charge in [-0.05, 0) is 0 Å². The molecule has 1 saturated heterocycles. The van der Waals surface area contributed by atoms with Crippen molar-refractivity contribution in [1.29, 1.82) is 0 Å². The van der Waals surface area contributed by atoms with Gasteiger partial charge < -0.3 is 9.47 Å². The molecule has 0 aromatic carbocycles. The summed E-state index contributed by atoms with van der Waals surface area (Å²) in [6.45, 7) is -0.546. The van der Waals surface area contributed by atoms with E-state index < -0.39 is 24.6 Å². The van der Waals surface area contributed by atoms with E-state index in [2.05, 4.69) is 9.47 Å². The van der Waals surface area contributed by atoms with Crippen molar-refractivity contribution in [3.63, 3.8) is 0 Å². The number of ether oxygens (including phenoxy) is 2. The standard InChI is InChI=1S/C6H6F6O2/c7-3(6(10,11)12)5(8,9)4-13-1-2-14-4/h3-4H,1-2H2. The molecule has 0 amide bonds. The molecule has 1 aliphatic rings. The van der Waals surface area contributed by atoms with Gasteiger partial charge in [0.1, 0.15) is 0 Å². The fourth-order valence-corrected chi connectivity index (χ4v) is 0.918. The molecule has 1 aliphatic heterocycles. The van der Waals surface area contributed by atoms with Crippen LogP contribution in [0, 0.1) is 0 Å². The molecule has 1 atom stereocenters. The Morgan fingerprint density at radius 2 is 1.43 bits per heavy atom. The molecule has 0 radical (unpaired) electrons. The van der Waals surface area contributed by atoms with Crippen LogP contribution in [0.25, 0.3) is 0 Å². The van der Waals surface area contributed by atoms with Crippen molar-refractivity contribution in [2.45, 2.75) is 24.6 Å². The van der Waals surface area contributed by atoms with Crippen molar-refractivity contribution in [2.24, 2.45) is 0 Å². The highest BCUT2D eigenvalue weighted by molar-refractivity contribution is 4.87. The molecule has 1 heterocycles. The Morgan fingerprint density at radius 1 is 1.00 bits per heavy atom. The van der Waals surface area contributed by atoms with Crippen molar-refractivity contribution in [3.05, 3.63) is 0 Å². The summed E-state index contributed by atoms with van der Waals surface area (Å²) in [6, 6.07) is 0. The Balaban J connectivity index is 2.72. The summed E-state index contributed by atoms with van der Waals surface area (Å²) in [5, 5.41) is 0. The van der Waals surface area contributed by atoms with Crippen LogP contribution in [-0.4, -0.2) is 37.8 Å². The van der Waals surface area contributed by atoms with Crippen LogP contribution < -0.4 is 0 Å². The molecule has 1 unspecified atom stereocenters. The van der Waals surface area contributed by atoms with E-state index in [9.17, 15) is 26.3 Å². The molecular weight excluding hydrogens is 218 g/mol. The van der Waals surface area contributed by atoms with Crippen LogP contribution in [0.15, 0.2) is 0 Å². The summed E-state index contributed by atoms with van der Waals surface area (Å²) in [6.07, 6.45) is -12.4. The van der Waals surface area contributed by atoms with Crippen LogP contribution in [0.3, 0.4) is 0 Å². The molecule has 0 bridgehead atoms. The van der Waals surface area contributed by atoms with E-state index in [0.29, 0.717) is 0 Å². The van der Waals surface area contributed by atoms with Gasteiger partial charge in [-0.2, -0.15) is 22.0 Å². The lowest BCUT2D eigenvalue weighted by atomic mass is 10.2. The third kappa shape index (κ3) is 2.11. The minimum Gasteiger partial charge on any atom is -0.345 e. The van der Waals surface area contributed by atoms with Crippen molar-refractivity contribution >= 4 is 0 Å². The van der Waals surface area contributed by atoms with E-state index in [-0.39, 0.29) is 13.2 Å². The first-order valence-electron chi connectivity index (χ1n) is 3.58. The van der Waals surface area contributed by atoms with Crippen LogP contribution in [-0.2, 0) is 9.47 Å². The molecule has 0 spiro atoms. The maximum absolute atomic E-state index is 12.7. The monoisotopic (exact) mass is 224 g/mol. The van der Waals surface area contributed by atoms with E-state index >= 15 is 0 Å². The first-order chi connectivity index (χ1) is 6.26. The molecule has 2 nitrogen and oxygen atoms in total. The molecule has 0 N–H and O–H groups in total. The molecule has 1 rings (SSSR count). The van der Waals surface area contributed by atoms with Gasteiger partial charge >= 0.3 is 12.1 Å². The highest BCUT2D eigenvalue weighted by Crippen LogP contribution is 2.39. The summed E-state index contributed by atoms with van der Waals surface area (Å²) in [7, 11) is 0. The highest BCUT2D eigenvalue weighted by Gasteiger charge is 2.62. The second-order valence-electron chi connectivity index (χ2n) is 2.65. The number of hydrogen-bond donors (Lipinski definition) is 0. The normalized spacial score (nSPS) is 22.7. The molecular formula is C6H6F6O2. The maximum Gasteiger partial charge on any atom is 0.425 e. The number of hydrogen-bond acceptors (Lipinski definition) is 2. The molecule has 0 aliphatic carbocycles. The highest BCUT2D eigenvalue weighted by atomic mass is 19.4. The van der Waals surface area contributed by atoms with Crippen molar-refractivity contribution in [1.82, 2.24) is 0 Å². The van der Waals surface area contributed by atoms with Crippen LogP contribution in [0.4, 0.5) is 26.3 Å². The average molecular weight is 224 g/mol. The number of halogens is 6. The summed E-state index contributed by atoms with van der Waals surface area (Å²) in [4.78, 5) is 0. The third-order valence-corrected chi connectivity index (χ3v) is 1.56. The summed E-state index contributed by atoms with van der Waals surface area (Å²) >= 11 is 0. The summed E-state index contributed by atoms with van der Waals surface area (Å²) in [5.74, 6) is -4.71. The van der Waals surface area contributed by atoms with Gasteiger partial charge in [0.05, 0.1) is 13.2 Å². The average Bonchev–Trinajstić information content (AvgIpc) is 2.53. The summed E-state index contributed by atoms with van der Waals surface area (Å²) < 4.78 is 80.8. The Bertz CT molecular complexity index is 197. The van der Waals surface area contributed by atoms with Gasteiger partial charge in [-0.3, -0.25) is 0 Å². The Morgan fingerprint density at radius 3 is 1.79 bits per heavy atom. The van der Waals surface area contributed by atoms with E-state index in [1.807, 2.05) is 0 Å². The Labute approximate surface area is 74.8 Å². The Hall–Kier alpha value is -0.500. The van der Waals surface area contributed by atoms with Crippen LogP contribution in [0.5, 0.6) is 0 Å². The second-order valence-corrected chi connectivity index (χ2v) is 2.65. The van der Waals surface area contributed by atoms with E-state index in [1.165, 1.54) is 0 Å². The molecule has 84 valence electrons. The van der Waals surface area contributed by atoms with Gasteiger partial charge in [-0.1, -0.05) is 0 Å². The fourth-order valence-electron chi connectivity index (χ4n) is 0.918. The second kappa shape index (κ2) is 3.58. The van der Waals surface area contributed by atoms with E-state index in [4.69, 9.17) is 0 Å². The molecule has 8 heteroatoms. The van der Waals surface area contributed by atoms with Crippen LogP contribution in [0.2, 0.25) is 0 Å². The van der Waals surface area contributed by atoms with E-state index in [1.54, 1.807) is 0 Å². The molecule has 0 saturated carbocycles. The first-order valence-corrected chi connectivity index (χ1v) is 3.58. The zero-order valence-electron chi connectivity index (χ0n) is 6.65. The minimum atomic E-state index is -5.63. The molecule has 0 aromatic heterocycles. The largest absolute Gasteiger partial charge is 0.425 e. The number of rotatable bonds is 2. The van der Waals surface area contributed by atoms with E-state index in [0.717, 1.165) is 0 Å². The lowest BCUT2D eigenvalue weighted by molar-refractivity contribution is -0.299. The van der Waals surface area contributed by atoms with Crippen molar-refractivity contribution < 1.29 is 35.8 Å². The molecule has 0 aromatic rings. The third-order valence-electron chi connectivity index (χ3n) is 1.56. The van der Waals surface area contributed by atoms with Crippen LogP contribution in [0.1, 0.15) is 0 Å². The zero-order chi connectivity index (χ0) is 11.0. The van der Waals surface area contributed by atoms with Crippen LogP contribution >= 0.6 is 0 Å². The van der Waals surface area contributed by atoms with Gasteiger partial charge in [0.15, 0.2) is 0 Å². The van der Waals surface area contributed by atoms with Gasteiger partial charge in [0, 0.05) is 0 Å². The zero-order valence-corrected chi connectivity index (χ0v) is 6.65. The Kier molecular flexibility index (Phi) is 2.96. The predicted molar refractivity (Wildman–Crippen MR) is 31.6 cm³/mol. The number of alkyl halides is 6. The van der Waals surface area contributed by atoms with Gasteiger partial charge in [0.25, 0.3) is 6.17 Å². The van der Waals surface area contributed by atoms with Crippen molar-refractivity contribution in [2.75, 3.05) is 13.2 Å². The lowest BCUT2D eigenvalue weighted by Gasteiger charge is -2.26. The topological polar surface area (TPSA) is 18.5 Å². The SMILES string of the molecule is FC(C(F)(F)F)C(F)(F)C1OCCO1. The quantitative estimate of drug-likeness (QED) is 0.667. The maximum atomic E-state index is 12.7. The van der Waals surface area contributed by atoms with Gasteiger partial charge in [-0.25, -0.2) is 4.39 Å². The van der Waals surface area contributed by atoms with Crippen molar-refractivity contribution in [3.8, 4) is 0 Å². The van der Waals surface area contributed by atoms with Gasteiger partial charge in [0.2, 0.25) is 6.29 Å². The van der Waals surface area contributed by atoms with Gasteiger partial charge in [-0.15, -0.1) is 0 Å². The summed E-state index contributed by atoms with van der Waals surface area (Å²) in [5.41, 5.74) is 0. The molecule has 1 fully saturated rings. The fraction of sp³-hybridized carbons (Fsp3) is 1.00. The first kappa shape index (κ1) is 11.6. The predicted octanol–water partition coefficient (Wildman–Crippen LogP) is 1.89. The smallest absolute Gasteiger partial charge is 0.345 e. The minimum absolute atomic E-state index is 0.273. The lowest BCUT2D eigenvalue weighted by Crippen LogP contribution is -2.49. The molecule has 14 heavy (non-hydrogen) atoms.